The Kier molecular flexibility index (Phi) is 5.12. The highest BCUT2D eigenvalue weighted by Crippen LogP contribution is 2.33. The summed E-state index contributed by atoms with van der Waals surface area (Å²) in [6, 6.07) is 7.27. The first-order valence-corrected chi connectivity index (χ1v) is 7.80. The fourth-order valence-corrected chi connectivity index (χ4v) is 3.43. The molecule has 3 heteroatoms. The quantitative estimate of drug-likeness (QED) is 0.883. The monoisotopic (exact) mass is 280 g/mol. The van der Waals surface area contributed by atoms with Crippen molar-refractivity contribution >= 4 is 17.3 Å². The van der Waals surface area contributed by atoms with Gasteiger partial charge in [0.1, 0.15) is 0 Å². The van der Waals surface area contributed by atoms with Gasteiger partial charge < -0.3 is 10.6 Å². The van der Waals surface area contributed by atoms with E-state index in [4.69, 9.17) is 17.3 Å². The second-order valence-corrected chi connectivity index (χ2v) is 6.10. The van der Waals surface area contributed by atoms with Crippen molar-refractivity contribution < 1.29 is 0 Å². The average Bonchev–Trinajstić information content (AvgIpc) is 2.85. The summed E-state index contributed by atoms with van der Waals surface area (Å²) in [5, 5.41) is 0.868. The summed E-state index contributed by atoms with van der Waals surface area (Å²) in [4.78, 5) is 2.46. The predicted octanol–water partition coefficient (Wildman–Crippen LogP) is 4.00. The minimum Gasteiger partial charge on any atom is -0.368 e. The molecule has 0 aromatic heterocycles. The van der Waals surface area contributed by atoms with Gasteiger partial charge in [-0.2, -0.15) is 0 Å². The molecule has 0 radical (unpaired) electrons. The summed E-state index contributed by atoms with van der Waals surface area (Å²) >= 11 is 6.48. The maximum atomic E-state index is 6.48. The zero-order valence-electron chi connectivity index (χ0n) is 12.0. The molecule has 0 bridgehead atoms. The molecule has 0 saturated heterocycles. The Balaban J connectivity index is 2.18. The Morgan fingerprint density at radius 1 is 1.37 bits per heavy atom. The van der Waals surface area contributed by atoms with Gasteiger partial charge in [0.25, 0.3) is 0 Å². The second-order valence-electron chi connectivity index (χ2n) is 5.69. The zero-order chi connectivity index (χ0) is 13.8. The fourth-order valence-electron chi connectivity index (χ4n) is 3.12. The van der Waals surface area contributed by atoms with Crippen LogP contribution in [0.2, 0.25) is 5.02 Å². The fraction of sp³-hybridized carbons (Fsp3) is 0.625. The van der Waals surface area contributed by atoms with Crippen LogP contribution < -0.4 is 10.6 Å². The van der Waals surface area contributed by atoms with Gasteiger partial charge in [-0.05, 0) is 50.8 Å². The maximum Gasteiger partial charge on any atom is 0.0642 e. The van der Waals surface area contributed by atoms with Gasteiger partial charge in [-0.15, -0.1) is 0 Å². The minimum atomic E-state index is 0.180. The molecule has 1 aromatic rings. The van der Waals surface area contributed by atoms with E-state index in [1.165, 1.54) is 36.9 Å². The van der Waals surface area contributed by atoms with Crippen molar-refractivity contribution in [1.82, 2.24) is 0 Å². The minimum absolute atomic E-state index is 0.180. The van der Waals surface area contributed by atoms with Crippen LogP contribution in [0.1, 0.15) is 45.1 Å². The highest BCUT2D eigenvalue weighted by molar-refractivity contribution is 6.33. The summed E-state index contributed by atoms with van der Waals surface area (Å²) in [5.74, 6) is 0. The van der Waals surface area contributed by atoms with Crippen LogP contribution in [0.4, 0.5) is 5.69 Å². The van der Waals surface area contributed by atoms with Crippen molar-refractivity contribution in [3.05, 3.63) is 28.8 Å². The molecule has 1 fully saturated rings. The number of nitrogens with zero attached hydrogens (tertiary/aromatic N) is 1. The molecule has 2 nitrogen and oxygen atoms in total. The van der Waals surface area contributed by atoms with Crippen molar-refractivity contribution in [3.8, 4) is 0 Å². The molecule has 1 aliphatic rings. The molecule has 106 valence electrons. The summed E-state index contributed by atoms with van der Waals surface area (Å²) < 4.78 is 0. The van der Waals surface area contributed by atoms with Gasteiger partial charge in [-0.25, -0.2) is 0 Å². The van der Waals surface area contributed by atoms with Gasteiger partial charge in [-0.1, -0.05) is 30.5 Å². The lowest BCUT2D eigenvalue weighted by atomic mass is 10.1. The van der Waals surface area contributed by atoms with Crippen molar-refractivity contribution in [3.63, 3.8) is 0 Å². The number of hydrogen-bond acceptors (Lipinski definition) is 2. The van der Waals surface area contributed by atoms with Gasteiger partial charge in [-0.3, -0.25) is 0 Å². The SMILES string of the molecule is CCN(c1ccc(CC(C)N)cc1Cl)C1CCCC1. The number of rotatable bonds is 5. The molecule has 19 heavy (non-hydrogen) atoms. The lowest BCUT2D eigenvalue weighted by Gasteiger charge is -2.31. The molecule has 2 rings (SSSR count). The molecular weight excluding hydrogens is 256 g/mol. The first-order chi connectivity index (χ1) is 9.11. The van der Waals surface area contributed by atoms with Crippen LogP contribution in [0, 0.1) is 0 Å². The van der Waals surface area contributed by atoms with E-state index < -0.39 is 0 Å². The number of halogens is 1. The molecule has 1 aliphatic carbocycles. The van der Waals surface area contributed by atoms with Crippen LogP contribution in [0.3, 0.4) is 0 Å². The van der Waals surface area contributed by atoms with Crippen molar-refractivity contribution in [2.75, 3.05) is 11.4 Å². The highest BCUT2D eigenvalue weighted by atomic mass is 35.5. The molecule has 1 saturated carbocycles. The molecule has 2 N–H and O–H groups in total. The van der Waals surface area contributed by atoms with E-state index in [-0.39, 0.29) is 6.04 Å². The van der Waals surface area contributed by atoms with Crippen LogP contribution >= 0.6 is 11.6 Å². The van der Waals surface area contributed by atoms with E-state index in [0.29, 0.717) is 6.04 Å². The van der Waals surface area contributed by atoms with Gasteiger partial charge in [0.15, 0.2) is 0 Å². The van der Waals surface area contributed by atoms with E-state index in [0.717, 1.165) is 18.0 Å². The maximum absolute atomic E-state index is 6.48. The molecular formula is C16H25ClN2. The van der Waals surface area contributed by atoms with Gasteiger partial charge >= 0.3 is 0 Å². The third kappa shape index (κ3) is 3.64. The normalized spacial score (nSPS) is 17.7. The van der Waals surface area contributed by atoms with E-state index in [9.17, 15) is 0 Å². The van der Waals surface area contributed by atoms with Crippen molar-refractivity contribution in [2.24, 2.45) is 5.73 Å². The zero-order valence-corrected chi connectivity index (χ0v) is 12.8. The average molecular weight is 281 g/mol. The van der Waals surface area contributed by atoms with E-state index in [1.807, 2.05) is 6.92 Å². The topological polar surface area (TPSA) is 29.3 Å². The second kappa shape index (κ2) is 6.62. The first kappa shape index (κ1) is 14.7. The van der Waals surface area contributed by atoms with Gasteiger partial charge in [0, 0.05) is 18.6 Å². The van der Waals surface area contributed by atoms with Crippen LogP contribution in [-0.2, 0) is 6.42 Å². The van der Waals surface area contributed by atoms with E-state index in [2.05, 4.69) is 30.0 Å². The molecule has 0 amide bonds. The Labute approximate surface area is 121 Å². The summed E-state index contributed by atoms with van der Waals surface area (Å²) in [5.41, 5.74) is 8.26. The Morgan fingerprint density at radius 2 is 2.05 bits per heavy atom. The number of benzene rings is 1. The molecule has 0 spiro atoms. The van der Waals surface area contributed by atoms with Gasteiger partial charge in [0.05, 0.1) is 10.7 Å². The molecule has 1 unspecified atom stereocenters. The van der Waals surface area contributed by atoms with Crippen LogP contribution in [-0.4, -0.2) is 18.6 Å². The molecule has 1 atom stereocenters. The molecule has 0 heterocycles. The summed E-state index contributed by atoms with van der Waals surface area (Å²) in [6.45, 7) is 5.26. The lowest BCUT2D eigenvalue weighted by Crippen LogP contribution is -2.33. The third-order valence-corrected chi connectivity index (χ3v) is 4.29. The Bertz CT molecular complexity index is 411. The third-order valence-electron chi connectivity index (χ3n) is 3.99. The van der Waals surface area contributed by atoms with Crippen LogP contribution in [0.25, 0.3) is 0 Å². The van der Waals surface area contributed by atoms with Crippen LogP contribution in [0.15, 0.2) is 18.2 Å². The van der Waals surface area contributed by atoms with Crippen molar-refractivity contribution in [2.45, 2.75) is 58.0 Å². The number of hydrogen-bond donors (Lipinski definition) is 1. The number of nitrogens with two attached hydrogens (primary N) is 1. The number of anilines is 1. The Hall–Kier alpha value is -0.730. The van der Waals surface area contributed by atoms with Gasteiger partial charge in [0.2, 0.25) is 0 Å². The first-order valence-electron chi connectivity index (χ1n) is 7.42. The molecule has 1 aromatic carbocycles. The smallest absolute Gasteiger partial charge is 0.0642 e. The Morgan fingerprint density at radius 3 is 2.58 bits per heavy atom. The largest absolute Gasteiger partial charge is 0.368 e. The summed E-state index contributed by atoms with van der Waals surface area (Å²) in [7, 11) is 0. The lowest BCUT2D eigenvalue weighted by molar-refractivity contribution is 0.620. The molecule has 0 aliphatic heterocycles. The van der Waals surface area contributed by atoms with E-state index in [1.54, 1.807) is 0 Å². The van der Waals surface area contributed by atoms with E-state index >= 15 is 0 Å². The van der Waals surface area contributed by atoms with Crippen molar-refractivity contribution in [1.29, 1.82) is 0 Å². The summed E-state index contributed by atoms with van der Waals surface area (Å²) in [6.07, 6.45) is 6.18. The van der Waals surface area contributed by atoms with Crippen LogP contribution in [0.5, 0.6) is 0 Å². The standard InChI is InChI=1S/C16H25ClN2/c1-3-19(14-6-4-5-7-14)16-9-8-13(10-12(2)18)11-15(16)17/h8-9,11-12,14H,3-7,10,18H2,1-2H3. The highest BCUT2D eigenvalue weighted by Gasteiger charge is 2.23. The predicted molar refractivity (Wildman–Crippen MR) is 84.1 cm³/mol.